The molecular formula is C21H19N5O. The smallest absolute Gasteiger partial charge is 0.319 e. The maximum atomic E-state index is 12.3. The first-order chi connectivity index (χ1) is 13.2. The zero-order valence-electron chi connectivity index (χ0n) is 14.9. The zero-order chi connectivity index (χ0) is 18.6. The van der Waals surface area contributed by atoms with E-state index in [-0.39, 0.29) is 6.03 Å². The Kier molecular flexibility index (Phi) is 4.53. The third kappa shape index (κ3) is 3.64. The molecule has 0 spiro atoms. The third-order valence-electron chi connectivity index (χ3n) is 4.38. The van der Waals surface area contributed by atoms with Crippen LogP contribution in [-0.2, 0) is 6.54 Å². The first-order valence-electron chi connectivity index (χ1n) is 8.69. The normalized spacial score (nSPS) is 10.7. The number of para-hydroxylation sites is 1. The Morgan fingerprint density at radius 3 is 2.70 bits per heavy atom. The molecule has 0 radical (unpaired) electrons. The Bertz CT molecular complexity index is 1090. The van der Waals surface area contributed by atoms with Gasteiger partial charge in [0.05, 0.1) is 5.69 Å². The number of nitrogens with zero attached hydrogens (tertiary/aromatic N) is 2. The van der Waals surface area contributed by atoms with E-state index >= 15 is 0 Å². The standard InChI is InChI=1S/C21H19N5O/c1-14-18-11-16(13-22-20(18)26-25-14)17-9-5-6-10-19(17)24-21(27)23-12-15-7-3-2-4-8-15/h2-11,13H,12H2,1H3,(H,22,25,26)(H2,23,24,27). The Labute approximate surface area is 156 Å². The van der Waals surface area contributed by atoms with Crippen molar-refractivity contribution in [1.29, 1.82) is 0 Å². The number of nitrogens with one attached hydrogen (secondary N) is 3. The summed E-state index contributed by atoms with van der Waals surface area (Å²) in [4.78, 5) is 16.7. The summed E-state index contributed by atoms with van der Waals surface area (Å²) < 4.78 is 0. The summed E-state index contributed by atoms with van der Waals surface area (Å²) in [6.07, 6.45) is 1.77. The van der Waals surface area contributed by atoms with Crippen LogP contribution < -0.4 is 10.6 Å². The minimum atomic E-state index is -0.250. The van der Waals surface area contributed by atoms with E-state index in [4.69, 9.17) is 0 Å². The molecule has 0 saturated carbocycles. The van der Waals surface area contributed by atoms with E-state index in [2.05, 4.69) is 25.8 Å². The monoisotopic (exact) mass is 357 g/mol. The second kappa shape index (κ2) is 7.29. The van der Waals surface area contributed by atoms with Crippen molar-refractivity contribution in [2.75, 3.05) is 5.32 Å². The largest absolute Gasteiger partial charge is 0.334 e. The predicted molar refractivity (Wildman–Crippen MR) is 106 cm³/mol. The molecule has 0 bridgehead atoms. The Balaban J connectivity index is 1.55. The summed E-state index contributed by atoms with van der Waals surface area (Å²) in [5.41, 5.74) is 5.25. The van der Waals surface area contributed by atoms with Crippen molar-refractivity contribution in [1.82, 2.24) is 20.5 Å². The van der Waals surface area contributed by atoms with Gasteiger partial charge >= 0.3 is 6.03 Å². The molecule has 0 saturated heterocycles. The molecule has 0 atom stereocenters. The quantitative estimate of drug-likeness (QED) is 0.510. The first kappa shape index (κ1) is 16.8. The lowest BCUT2D eigenvalue weighted by Gasteiger charge is -2.12. The number of urea groups is 1. The number of benzene rings is 2. The van der Waals surface area contributed by atoms with Crippen LogP contribution in [0.3, 0.4) is 0 Å². The number of rotatable bonds is 4. The Morgan fingerprint density at radius 2 is 1.85 bits per heavy atom. The predicted octanol–water partition coefficient (Wildman–Crippen LogP) is 4.26. The number of fused-ring (bicyclic) bond motifs is 1. The van der Waals surface area contributed by atoms with E-state index in [9.17, 15) is 4.79 Å². The molecule has 0 unspecified atom stereocenters. The number of H-pyrrole nitrogens is 1. The minimum Gasteiger partial charge on any atom is -0.334 e. The average molecular weight is 357 g/mol. The summed E-state index contributed by atoms with van der Waals surface area (Å²) >= 11 is 0. The fourth-order valence-electron chi connectivity index (χ4n) is 2.96. The molecule has 6 nitrogen and oxygen atoms in total. The number of anilines is 1. The van der Waals surface area contributed by atoms with Crippen molar-refractivity contribution in [3.63, 3.8) is 0 Å². The van der Waals surface area contributed by atoms with Gasteiger partial charge in [-0.15, -0.1) is 0 Å². The van der Waals surface area contributed by atoms with Crippen LogP contribution in [0, 0.1) is 6.92 Å². The van der Waals surface area contributed by atoms with Crippen LogP contribution in [0.5, 0.6) is 0 Å². The van der Waals surface area contributed by atoms with Crippen LogP contribution in [0.15, 0.2) is 66.9 Å². The van der Waals surface area contributed by atoms with E-state index in [0.717, 1.165) is 33.5 Å². The van der Waals surface area contributed by atoms with E-state index < -0.39 is 0 Å². The van der Waals surface area contributed by atoms with Crippen molar-refractivity contribution >= 4 is 22.8 Å². The lowest BCUT2D eigenvalue weighted by molar-refractivity contribution is 0.252. The highest BCUT2D eigenvalue weighted by Gasteiger charge is 2.11. The summed E-state index contributed by atoms with van der Waals surface area (Å²) in [7, 11) is 0. The van der Waals surface area contributed by atoms with Gasteiger partial charge in [0.2, 0.25) is 0 Å². The van der Waals surface area contributed by atoms with E-state index in [0.29, 0.717) is 12.2 Å². The van der Waals surface area contributed by atoms with Gasteiger partial charge in [0.15, 0.2) is 5.65 Å². The van der Waals surface area contributed by atoms with Gasteiger partial charge in [0.25, 0.3) is 0 Å². The lowest BCUT2D eigenvalue weighted by atomic mass is 10.0. The highest BCUT2D eigenvalue weighted by molar-refractivity contribution is 5.95. The number of amides is 2. The zero-order valence-corrected chi connectivity index (χ0v) is 14.9. The molecule has 6 heteroatoms. The van der Waals surface area contributed by atoms with Gasteiger partial charge in [-0.25, -0.2) is 9.78 Å². The molecule has 0 aliphatic heterocycles. The minimum absolute atomic E-state index is 0.250. The van der Waals surface area contributed by atoms with Gasteiger partial charge in [0.1, 0.15) is 0 Å². The third-order valence-corrected chi connectivity index (χ3v) is 4.38. The number of aromatic nitrogens is 3. The highest BCUT2D eigenvalue weighted by Crippen LogP contribution is 2.29. The van der Waals surface area contributed by atoms with Gasteiger partial charge in [-0.05, 0) is 24.6 Å². The van der Waals surface area contributed by atoms with Gasteiger partial charge < -0.3 is 10.6 Å². The number of aromatic amines is 1. The number of carbonyl (C=O) groups is 1. The second-order valence-corrected chi connectivity index (χ2v) is 6.28. The van der Waals surface area contributed by atoms with E-state index in [1.54, 1.807) is 6.20 Å². The summed E-state index contributed by atoms with van der Waals surface area (Å²) in [6.45, 7) is 2.43. The van der Waals surface area contributed by atoms with Crippen LogP contribution in [0.2, 0.25) is 0 Å². The fraction of sp³-hybridized carbons (Fsp3) is 0.0952. The van der Waals surface area contributed by atoms with Crippen LogP contribution in [0.25, 0.3) is 22.2 Å². The van der Waals surface area contributed by atoms with Crippen LogP contribution in [0.4, 0.5) is 10.5 Å². The summed E-state index contributed by atoms with van der Waals surface area (Å²) in [5.74, 6) is 0. The molecular weight excluding hydrogens is 338 g/mol. The van der Waals surface area contributed by atoms with Gasteiger partial charge in [0, 0.05) is 34.9 Å². The molecule has 3 N–H and O–H groups in total. The molecule has 2 amide bonds. The molecule has 4 rings (SSSR count). The number of aryl methyl sites for hydroxylation is 1. The highest BCUT2D eigenvalue weighted by atomic mass is 16.2. The van der Waals surface area contributed by atoms with Crippen molar-refractivity contribution in [3.05, 3.63) is 78.1 Å². The molecule has 2 heterocycles. The summed E-state index contributed by atoms with van der Waals surface area (Å²) in [6, 6.07) is 19.3. The summed E-state index contributed by atoms with van der Waals surface area (Å²) in [5, 5.41) is 13.9. The molecule has 27 heavy (non-hydrogen) atoms. The number of pyridine rings is 1. The molecule has 0 aliphatic carbocycles. The topological polar surface area (TPSA) is 82.7 Å². The molecule has 2 aromatic carbocycles. The van der Waals surface area contributed by atoms with Gasteiger partial charge in [-0.2, -0.15) is 5.10 Å². The number of hydrogen-bond acceptors (Lipinski definition) is 3. The van der Waals surface area contributed by atoms with E-state index in [1.165, 1.54) is 0 Å². The maximum absolute atomic E-state index is 12.3. The van der Waals surface area contributed by atoms with Gasteiger partial charge in [-0.3, -0.25) is 5.10 Å². The maximum Gasteiger partial charge on any atom is 0.319 e. The van der Waals surface area contributed by atoms with Crippen LogP contribution in [0.1, 0.15) is 11.3 Å². The van der Waals surface area contributed by atoms with Crippen molar-refractivity contribution in [2.24, 2.45) is 0 Å². The second-order valence-electron chi connectivity index (χ2n) is 6.28. The molecule has 0 fully saturated rings. The lowest BCUT2D eigenvalue weighted by Crippen LogP contribution is -2.28. The number of carbonyl (C=O) groups excluding carboxylic acids is 1. The Hall–Kier alpha value is -3.67. The first-order valence-corrected chi connectivity index (χ1v) is 8.69. The van der Waals surface area contributed by atoms with E-state index in [1.807, 2.05) is 67.6 Å². The molecule has 134 valence electrons. The molecule has 2 aromatic heterocycles. The van der Waals surface area contributed by atoms with Crippen LogP contribution >= 0.6 is 0 Å². The van der Waals surface area contributed by atoms with Crippen LogP contribution in [-0.4, -0.2) is 21.2 Å². The Morgan fingerprint density at radius 1 is 1.07 bits per heavy atom. The van der Waals surface area contributed by atoms with Crippen molar-refractivity contribution < 1.29 is 4.79 Å². The number of hydrogen-bond donors (Lipinski definition) is 3. The fourth-order valence-corrected chi connectivity index (χ4v) is 2.96. The molecule has 4 aromatic rings. The van der Waals surface area contributed by atoms with Gasteiger partial charge in [-0.1, -0.05) is 48.5 Å². The average Bonchev–Trinajstić information content (AvgIpc) is 3.08. The SMILES string of the molecule is Cc1[nH]nc2ncc(-c3ccccc3NC(=O)NCc3ccccc3)cc12. The van der Waals surface area contributed by atoms with Crippen molar-refractivity contribution in [2.45, 2.75) is 13.5 Å². The molecule has 0 aliphatic rings. The van der Waals surface area contributed by atoms with Crippen molar-refractivity contribution in [3.8, 4) is 11.1 Å².